The molecule has 0 saturated carbocycles. The van der Waals surface area contributed by atoms with Crippen molar-refractivity contribution in [1.29, 1.82) is 0 Å². The van der Waals surface area contributed by atoms with Gasteiger partial charge in [-0.3, -0.25) is 14.4 Å². The van der Waals surface area contributed by atoms with Crippen LogP contribution >= 0.6 is 0 Å². The van der Waals surface area contributed by atoms with E-state index in [0.717, 1.165) is 31.4 Å². The van der Waals surface area contributed by atoms with Crippen molar-refractivity contribution in [2.75, 3.05) is 39.4 Å². The highest BCUT2D eigenvalue weighted by atomic mass is 16.7. The lowest BCUT2D eigenvalue weighted by Gasteiger charge is -2.37. The fourth-order valence-corrected chi connectivity index (χ4v) is 4.87. The van der Waals surface area contributed by atoms with Gasteiger partial charge in [0.05, 0.1) is 18.8 Å². The number of ether oxygens (including phenoxy) is 2. The summed E-state index contributed by atoms with van der Waals surface area (Å²) >= 11 is 0. The molecule has 1 spiro atoms. The van der Waals surface area contributed by atoms with Crippen LogP contribution in [0, 0.1) is 0 Å². The second kappa shape index (κ2) is 8.09. The van der Waals surface area contributed by atoms with E-state index in [2.05, 4.69) is 0 Å². The number of carbonyl (C=O) groups excluding carboxylic acids is 3. The largest absolute Gasteiger partial charge is 0.347 e. The Hall–Kier alpha value is -2.71. The minimum absolute atomic E-state index is 0.0430. The molecule has 0 bridgehead atoms. The van der Waals surface area contributed by atoms with Crippen LogP contribution in [0.15, 0.2) is 30.5 Å². The van der Waals surface area contributed by atoms with Gasteiger partial charge in [0.2, 0.25) is 5.91 Å². The van der Waals surface area contributed by atoms with Crippen LogP contribution in [0.5, 0.6) is 0 Å². The molecule has 0 unspecified atom stereocenters. The van der Waals surface area contributed by atoms with Crippen LogP contribution in [0.3, 0.4) is 0 Å². The fraction of sp³-hybridized carbons (Fsp3) is 0.522. The van der Waals surface area contributed by atoms with Crippen LogP contribution in [0.4, 0.5) is 0 Å². The first kappa shape index (κ1) is 20.2. The number of Topliss-reactive ketones (excluding diaryl/α,β-unsaturated/α-hetero) is 1. The maximum absolute atomic E-state index is 13.2. The van der Waals surface area contributed by atoms with Gasteiger partial charge in [-0.15, -0.1) is 0 Å². The highest BCUT2D eigenvalue weighted by Gasteiger charge is 2.42. The summed E-state index contributed by atoms with van der Waals surface area (Å²) in [5.74, 6) is -1.60. The molecule has 164 valence electrons. The number of benzene rings is 1. The first-order valence-corrected chi connectivity index (χ1v) is 11.0. The van der Waals surface area contributed by atoms with Crippen LogP contribution in [0.2, 0.25) is 0 Å². The summed E-state index contributed by atoms with van der Waals surface area (Å²) in [5.41, 5.74) is 1.14. The summed E-state index contributed by atoms with van der Waals surface area (Å²) in [6.07, 6.45) is 4.86. The maximum atomic E-state index is 13.2. The maximum Gasteiger partial charge on any atom is 0.295 e. The lowest BCUT2D eigenvalue weighted by Crippen LogP contribution is -2.49. The third kappa shape index (κ3) is 3.74. The van der Waals surface area contributed by atoms with Gasteiger partial charge in [-0.05, 0) is 18.9 Å². The summed E-state index contributed by atoms with van der Waals surface area (Å²) < 4.78 is 13.2. The van der Waals surface area contributed by atoms with Gasteiger partial charge in [0, 0.05) is 56.1 Å². The lowest BCUT2D eigenvalue weighted by molar-refractivity contribution is -0.186. The molecule has 1 aromatic carbocycles. The number of ketones is 1. The number of hydrogen-bond donors (Lipinski definition) is 0. The second-order valence-corrected chi connectivity index (χ2v) is 8.50. The van der Waals surface area contributed by atoms with Gasteiger partial charge < -0.3 is 23.8 Å². The van der Waals surface area contributed by atoms with Crippen molar-refractivity contribution >= 4 is 28.5 Å². The Balaban J connectivity index is 1.35. The Morgan fingerprint density at radius 2 is 1.58 bits per heavy atom. The number of likely N-dealkylation sites (tertiary alicyclic amines) is 2. The quantitative estimate of drug-likeness (QED) is 0.551. The highest BCUT2D eigenvalue weighted by molar-refractivity contribution is 6.44. The molecule has 3 aliphatic heterocycles. The van der Waals surface area contributed by atoms with Crippen LogP contribution in [-0.4, -0.2) is 77.1 Å². The molecule has 2 aromatic rings. The molecule has 0 N–H and O–H groups in total. The summed E-state index contributed by atoms with van der Waals surface area (Å²) in [7, 11) is 0. The van der Waals surface area contributed by atoms with Crippen LogP contribution < -0.4 is 0 Å². The van der Waals surface area contributed by atoms with Crippen LogP contribution in [0.1, 0.15) is 36.0 Å². The number of rotatable bonds is 4. The minimum atomic E-state index is -0.591. The molecule has 5 rings (SSSR count). The molecule has 8 heteroatoms. The standard InChI is InChI=1S/C23H27N3O5/c27-20(24-9-3-4-10-24)16-26-15-18(17-5-1-2-6-19(17)26)21(28)22(29)25-11-7-23(8-12-25)30-13-14-31-23/h1-2,5-6,15H,3-4,7-14,16H2. The van der Waals surface area contributed by atoms with Crippen molar-refractivity contribution in [2.24, 2.45) is 0 Å². The van der Waals surface area contributed by atoms with E-state index in [1.54, 1.807) is 15.7 Å². The highest BCUT2D eigenvalue weighted by Crippen LogP contribution is 2.32. The topological polar surface area (TPSA) is 81.1 Å². The number of piperidine rings is 1. The number of hydrogen-bond acceptors (Lipinski definition) is 5. The van der Waals surface area contributed by atoms with Crippen molar-refractivity contribution in [3.63, 3.8) is 0 Å². The molecular formula is C23H27N3O5. The monoisotopic (exact) mass is 425 g/mol. The molecule has 3 fully saturated rings. The Labute approximate surface area is 180 Å². The summed E-state index contributed by atoms with van der Waals surface area (Å²) in [5, 5.41) is 0.700. The van der Waals surface area contributed by atoms with Crippen LogP contribution in [0.25, 0.3) is 10.9 Å². The van der Waals surface area contributed by atoms with Crippen molar-refractivity contribution in [3.05, 3.63) is 36.0 Å². The Kier molecular flexibility index (Phi) is 5.27. The number of amides is 2. The predicted octanol–water partition coefficient (Wildman–Crippen LogP) is 1.81. The number of para-hydroxylation sites is 1. The van der Waals surface area contributed by atoms with Crippen LogP contribution in [-0.2, 0) is 25.6 Å². The second-order valence-electron chi connectivity index (χ2n) is 8.50. The molecule has 2 amide bonds. The van der Waals surface area contributed by atoms with E-state index in [1.807, 2.05) is 29.2 Å². The molecule has 3 aliphatic rings. The molecule has 8 nitrogen and oxygen atoms in total. The fourth-order valence-electron chi connectivity index (χ4n) is 4.87. The minimum Gasteiger partial charge on any atom is -0.347 e. The summed E-state index contributed by atoms with van der Waals surface area (Å²) in [6.45, 7) is 3.74. The Morgan fingerprint density at radius 3 is 2.29 bits per heavy atom. The van der Waals surface area contributed by atoms with Gasteiger partial charge in [0.25, 0.3) is 11.7 Å². The third-order valence-corrected chi connectivity index (χ3v) is 6.62. The van der Waals surface area contributed by atoms with E-state index in [-0.39, 0.29) is 12.5 Å². The normalized spacial score (nSPS) is 20.6. The molecule has 31 heavy (non-hydrogen) atoms. The van der Waals surface area contributed by atoms with Crippen molar-refractivity contribution < 1.29 is 23.9 Å². The van der Waals surface area contributed by atoms with Gasteiger partial charge in [0.15, 0.2) is 5.79 Å². The van der Waals surface area contributed by atoms with E-state index in [9.17, 15) is 14.4 Å². The van der Waals surface area contributed by atoms with Crippen molar-refractivity contribution in [2.45, 2.75) is 38.0 Å². The third-order valence-electron chi connectivity index (χ3n) is 6.62. The zero-order valence-corrected chi connectivity index (χ0v) is 17.5. The van der Waals surface area contributed by atoms with Gasteiger partial charge >= 0.3 is 0 Å². The summed E-state index contributed by atoms with van der Waals surface area (Å²) in [4.78, 5) is 42.3. The van der Waals surface area contributed by atoms with Crippen molar-refractivity contribution in [1.82, 2.24) is 14.4 Å². The molecule has 0 atom stereocenters. The van der Waals surface area contributed by atoms with Gasteiger partial charge in [0.1, 0.15) is 6.54 Å². The summed E-state index contributed by atoms with van der Waals surface area (Å²) in [6, 6.07) is 7.43. The van der Waals surface area contributed by atoms with Crippen molar-refractivity contribution in [3.8, 4) is 0 Å². The van der Waals surface area contributed by atoms with Gasteiger partial charge in [-0.1, -0.05) is 18.2 Å². The SMILES string of the molecule is O=C(C(=O)N1CCC2(CC1)OCCO2)c1cn(CC(=O)N2CCCC2)c2ccccc12. The van der Waals surface area contributed by atoms with E-state index in [1.165, 1.54) is 0 Å². The average Bonchev–Trinajstić information content (AvgIpc) is 3.55. The molecule has 0 radical (unpaired) electrons. The van der Waals surface area contributed by atoms with Gasteiger partial charge in [-0.25, -0.2) is 0 Å². The zero-order valence-electron chi connectivity index (χ0n) is 17.5. The van der Waals surface area contributed by atoms with E-state index in [4.69, 9.17) is 9.47 Å². The zero-order chi connectivity index (χ0) is 21.4. The number of nitrogens with zero attached hydrogens (tertiary/aromatic N) is 3. The molecule has 1 aromatic heterocycles. The smallest absolute Gasteiger partial charge is 0.295 e. The Morgan fingerprint density at radius 1 is 0.903 bits per heavy atom. The van der Waals surface area contributed by atoms with E-state index < -0.39 is 17.5 Å². The molecule has 0 aliphatic carbocycles. The molecule has 3 saturated heterocycles. The average molecular weight is 425 g/mol. The number of aromatic nitrogens is 1. The number of carbonyl (C=O) groups is 3. The molecule has 4 heterocycles. The van der Waals surface area contributed by atoms with E-state index >= 15 is 0 Å². The lowest BCUT2D eigenvalue weighted by atomic mass is 10.0. The first-order chi connectivity index (χ1) is 15.1. The first-order valence-electron chi connectivity index (χ1n) is 11.0. The number of fused-ring (bicyclic) bond motifs is 1. The molecular weight excluding hydrogens is 398 g/mol. The van der Waals surface area contributed by atoms with Gasteiger partial charge in [-0.2, -0.15) is 0 Å². The predicted molar refractivity (Wildman–Crippen MR) is 113 cm³/mol. The van der Waals surface area contributed by atoms with E-state index in [0.29, 0.717) is 50.1 Å². The Bertz CT molecular complexity index is 1010.